The lowest BCUT2D eigenvalue weighted by Crippen LogP contribution is -2.46. The molecule has 5 heteroatoms. The number of amides is 1. The third-order valence-electron chi connectivity index (χ3n) is 3.34. The van der Waals surface area contributed by atoms with Gasteiger partial charge in [0.25, 0.3) is 5.91 Å². The van der Waals surface area contributed by atoms with Crippen LogP contribution in [0.5, 0.6) is 5.75 Å². The van der Waals surface area contributed by atoms with Crippen LogP contribution in [0.1, 0.15) is 33.6 Å². The summed E-state index contributed by atoms with van der Waals surface area (Å²) >= 11 is 6.05. The number of nitrogens with one attached hydrogen (secondary N) is 1. The van der Waals surface area contributed by atoms with Crippen LogP contribution in [0.3, 0.4) is 0 Å². The van der Waals surface area contributed by atoms with E-state index in [1.165, 1.54) is 0 Å². The lowest BCUT2D eigenvalue weighted by atomic mass is 10.0. The fourth-order valence-electron chi connectivity index (χ4n) is 2.00. The first-order chi connectivity index (χ1) is 9.99. The summed E-state index contributed by atoms with van der Waals surface area (Å²) in [6.45, 7) is 5.95. The molecule has 4 nitrogen and oxygen atoms in total. The zero-order chi connectivity index (χ0) is 15.8. The zero-order valence-corrected chi connectivity index (χ0v) is 13.6. The Morgan fingerprint density at radius 1 is 1.38 bits per heavy atom. The van der Waals surface area contributed by atoms with Crippen LogP contribution >= 0.6 is 11.6 Å². The number of ether oxygens (including phenoxy) is 1. The van der Waals surface area contributed by atoms with Gasteiger partial charge in [-0.1, -0.05) is 44.5 Å². The summed E-state index contributed by atoms with van der Waals surface area (Å²) in [7, 11) is 0. The molecule has 0 aliphatic heterocycles. The van der Waals surface area contributed by atoms with E-state index < -0.39 is 6.10 Å². The van der Waals surface area contributed by atoms with E-state index in [1.807, 2.05) is 32.9 Å². The van der Waals surface area contributed by atoms with E-state index in [0.717, 1.165) is 0 Å². The van der Waals surface area contributed by atoms with Gasteiger partial charge in [0, 0.05) is 12.6 Å². The summed E-state index contributed by atoms with van der Waals surface area (Å²) in [4.78, 5) is 12.3. The van der Waals surface area contributed by atoms with Crippen molar-refractivity contribution in [3.05, 3.63) is 29.3 Å². The molecule has 1 aromatic rings. The van der Waals surface area contributed by atoms with Crippen molar-refractivity contribution in [1.29, 1.82) is 0 Å². The van der Waals surface area contributed by atoms with E-state index >= 15 is 0 Å². The highest BCUT2D eigenvalue weighted by atomic mass is 35.5. The molecule has 0 fully saturated rings. The molecule has 0 saturated carbocycles. The van der Waals surface area contributed by atoms with E-state index in [-0.39, 0.29) is 24.5 Å². The van der Waals surface area contributed by atoms with E-state index in [0.29, 0.717) is 23.6 Å². The van der Waals surface area contributed by atoms with E-state index in [2.05, 4.69) is 5.32 Å². The summed E-state index contributed by atoms with van der Waals surface area (Å²) < 4.78 is 5.71. The van der Waals surface area contributed by atoms with E-state index in [9.17, 15) is 4.79 Å². The lowest BCUT2D eigenvalue weighted by molar-refractivity contribution is -0.129. The van der Waals surface area contributed by atoms with Gasteiger partial charge in [-0.05, 0) is 30.9 Å². The van der Waals surface area contributed by atoms with Crippen LogP contribution in [0.25, 0.3) is 0 Å². The zero-order valence-electron chi connectivity index (χ0n) is 12.8. The predicted molar refractivity (Wildman–Crippen MR) is 84.6 cm³/mol. The van der Waals surface area contributed by atoms with Crippen molar-refractivity contribution < 1.29 is 14.6 Å². The molecule has 118 valence electrons. The minimum atomic E-state index is -0.593. The van der Waals surface area contributed by atoms with Gasteiger partial charge in [-0.15, -0.1) is 0 Å². The molecule has 0 radical (unpaired) electrons. The Balaban J connectivity index is 2.71. The van der Waals surface area contributed by atoms with E-state index in [4.69, 9.17) is 21.4 Å². The second kappa shape index (κ2) is 8.90. The molecule has 0 bridgehead atoms. The third kappa shape index (κ3) is 5.56. The standard InChI is InChI=1S/C16H24ClNO3/c1-4-14(21-15-8-6-5-7-12(15)17)16(20)18-13(9-10-19)11(2)3/h5-8,11,13-14,19H,4,9-10H2,1-3H3,(H,18,20). The van der Waals surface area contributed by atoms with Gasteiger partial charge in [0.15, 0.2) is 6.10 Å². The summed E-state index contributed by atoms with van der Waals surface area (Å²) in [5.74, 6) is 0.577. The Bertz CT molecular complexity index is 451. The molecule has 2 atom stereocenters. The predicted octanol–water partition coefficient (Wildman–Crippen LogP) is 3.02. The van der Waals surface area contributed by atoms with Crippen LogP contribution in [0.2, 0.25) is 5.02 Å². The number of benzene rings is 1. The van der Waals surface area contributed by atoms with Gasteiger partial charge in [-0.2, -0.15) is 0 Å². The minimum Gasteiger partial charge on any atom is -0.479 e. The fourth-order valence-corrected chi connectivity index (χ4v) is 2.18. The van der Waals surface area contributed by atoms with Crippen molar-refractivity contribution in [2.75, 3.05) is 6.61 Å². The van der Waals surface area contributed by atoms with Gasteiger partial charge in [0.05, 0.1) is 5.02 Å². The number of carbonyl (C=O) groups excluding carboxylic acids is 1. The molecule has 0 aromatic heterocycles. The van der Waals surface area contributed by atoms with Gasteiger partial charge >= 0.3 is 0 Å². The molecule has 1 aromatic carbocycles. The van der Waals surface area contributed by atoms with Gasteiger partial charge in [-0.25, -0.2) is 0 Å². The molecule has 2 N–H and O–H groups in total. The number of aliphatic hydroxyl groups excluding tert-OH is 1. The van der Waals surface area contributed by atoms with Crippen molar-refractivity contribution in [1.82, 2.24) is 5.32 Å². The lowest BCUT2D eigenvalue weighted by Gasteiger charge is -2.25. The monoisotopic (exact) mass is 313 g/mol. The minimum absolute atomic E-state index is 0.0469. The van der Waals surface area contributed by atoms with Crippen molar-refractivity contribution in [3.8, 4) is 5.75 Å². The Labute approximate surface area is 131 Å². The van der Waals surface area contributed by atoms with Crippen molar-refractivity contribution in [2.45, 2.75) is 45.8 Å². The largest absolute Gasteiger partial charge is 0.479 e. The second-order valence-corrected chi connectivity index (χ2v) is 5.72. The maximum absolute atomic E-state index is 12.3. The first kappa shape index (κ1) is 17.8. The maximum Gasteiger partial charge on any atom is 0.261 e. The summed E-state index contributed by atoms with van der Waals surface area (Å²) in [5.41, 5.74) is 0. The first-order valence-corrected chi connectivity index (χ1v) is 7.69. The molecule has 0 saturated heterocycles. The van der Waals surface area contributed by atoms with Crippen molar-refractivity contribution in [2.24, 2.45) is 5.92 Å². The topological polar surface area (TPSA) is 58.6 Å². The number of para-hydroxylation sites is 1. The number of rotatable bonds is 8. The molecule has 21 heavy (non-hydrogen) atoms. The fraction of sp³-hybridized carbons (Fsp3) is 0.562. The Hall–Kier alpha value is -1.26. The molecule has 0 spiro atoms. The highest BCUT2D eigenvalue weighted by Crippen LogP contribution is 2.25. The Morgan fingerprint density at radius 2 is 2.05 bits per heavy atom. The van der Waals surface area contributed by atoms with Crippen LogP contribution in [-0.2, 0) is 4.79 Å². The smallest absolute Gasteiger partial charge is 0.261 e. The number of hydrogen-bond donors (Lipinski definition) is 2. The molecular formula is C16H24ClNO3. The average molecular weight is 314 g/mol. The molecule has 1 rings (SSSR count). The highest BCUT2D eigenvalue weighted by Gasteiger charge is 2.23. The molecule has 0 aliphatic carbocycles. The molecular weight excluding hydrogens is 290 g/mol. The van der Waals surface area contributed by atoms with Crippen LogP contribution < -0.4 is 10.1 Å². The van der Waals surface area contributed by atoms with Gasteiger partial charge < -0.3 is 15.2 Å². The van der Waals surface area contributed by atoms with Crippen LogP contribution in [0.4, 0.5) is 0 Å². The SMILES string of the molecule is CCC(Oc1ccccc1Cl)C(=O)NC(CCO)C(C)C. The number of halogens is 1. The molecule has 0 aliphatic rings. The molecule has 0 heterocycles. The van der Waals surface area contributed by atoms with Crippen LogP contribution in [-0.4, -0.2) is 29.8 Å². The van der Waals surface area contributed by atoms with Crippen LogP contribution in [0, 0.1) is 5.92 Å². The number of hydrogen-bond acceptors (Lipinski definition) is 3. The third-order valence-corrected chi connectivity index (χ3v) is 3.65. The normalized spacial score (nSPS) is 13.8. The molecule has 2 unspecified atom stereocenters. The quantitative estimate of drug-likeness (QED) is 0.775. The summed E-state index contributed by atoms with van der Waals surface area (Å²) in [6, 6.07) is 7.03. The van der Waals surface area contributed by atoms with Crippen LogP contribution in [0.15, 0.2) is 24.3 Å². The van der Waals surface area contributed by atoms with Gasteiger partial charge in [0.2, 0.25) is 0 Å². The van der Waals surface area contributed by atoms with E-state index in [1.54, 1.807) is 12.1 Å². The second-order valence-electron chi connectivity index (χ2n) is 5.32. The van der Waals surface area contributed by atoms with Gasteiger partial charge in [-0.3, -0.25) is 4.79 Å². The molecule has 1 amide bonds. The Kier molecular flexibility index (Phi) is 7.54. The summed E-state index contributed by atoms with van der Waals surface area (Å²) in [6.07, 6.45) is 0.484. The van der Waals surface area contributed by atoms with Crippen molar-refractivity contribution >= 4 is 17.5 Å². The highest BCUT2D eigenvalue weighted by molar-refractivity contribution is 6.32. The van der Waals surface area contributed by atoms with Crippen molar-refractivity contribution in [3.63, 3.8) is 0 Å². The van der Waals surface area contributed by atoms with Gasteiger partial charge in [0.1, 0.15) is 5.75 Å². The summed E-state index contributed by atoms with van der Waals surface area (Å²) in [5, 5.41) is 12.5. The number of carbonyl (C=O) groups is 1. The average Bonchev–Trinajstić information content (AvgIpc) is 2.45. The Morgan fingerprint density at radius 3 is 2.57 bits per heavy atom. The first-order valence-electron chi connectivity index (χ1n) is 7.32. The number of aliphatic hydroxyl groups is 1. The maximum atomic E-state index is 12.3.